The van der Waals surface area contributed by atoms with E-state index in [2.05, 4.69) is 15.5 Å². The number of nitrogens with one attached hydrogen (secondary N) is 2. The van der Waals surface area contributed by atoms with Crippen LogP contribution in [0.25, 0.3) is 11.0 Å². The fourth-order valence-corrected chi connectivity index (χ4v) is 4.74. The molecule has 186 valence electrons. The van der Waals surface area contributed by atoms with Gasteiger partial charge in [0.1, 0.15) is 18.2 Å². The maximum absolute atomic E-state index is 12.9. The van der Waals surface area contributed by atoms with Crippen molar-refractivity contribution in [3.8, 4) is 0 Å². The van der Waals surface area contributed by atoms with Gasteiger partial charge in [0.2, 0.25) is 5.91 Å². The molecule has 0 bridgehead atoms. The van der Waals surface area contributed by atoms with Gasteiger partial charge in [0, 0.05) is 42.9 Å². The minimum absolute atomic E-state index is 0.00547. The second-order valence-corrected chi connectivity index (χ2v) is 8.77. The van der Waals surface area contributed by atoms with E-state index in [9.17, 15) is 14.4 Å². The third-order valence-corrected chi connectivity index (χ3v) is 6.52. The van der Waals surface area contributed by atoms with Gasteiger partial charge in [-0.15, -0.1) is 0 Å². The molecule has 1 aliphatic heterocycles. The normalized spacial score (nSPS) is 15.1. The number of pyridine rings is 1. The molecule has 11 heteroatoms. The van der Waals surface area contributed by atoms with Crippen molar-refractivity contribution in [3.63, 3.8) is 0 Å². The van der Waals surface area contributed by atoms with E-state index in [1.54, 1.807) is 40.1 Å². The Morgan fingerprint density at radius 1 is 1.22 bits per heavy atom. The maximum atomic E-state index is 12.9. The van der Waals surface area contributed by atoms with Crippen LogP contribution < -0.4 is 15.8 Å². The second kappa shape index (κ2) is 9.68. The van der Waals surface area contributed by atoms with E-state index in [4.69, 9.17) is 9.72 Å². The Labute approximate surface area is 206 Å². The van der Waals surface area contributed by atoms with Crippen molar-refractivity contribution in [2.24, 2.45) is 0 Å². The van der Waals surface area contributed by atoms with Gasteiger partial charge in [0.15, 0.2) is 0 Å². The zero-order chi connectivity index (χ0) is 25.2. The van der Waals surface area contributed by atoms with Gasteiger partial charge in [-0.3, -0.25) is 19.6 Å². The molecule has 0 unspecified atom stereocenters. The van der Waals surface area contributed by atoms with E-state index in [0.717, 1.165) is 35.1 Å². The number of carbonyl (C=O) groups is 2. The Morgan fingerprint density at radius 2 is 2.08 bits per heavy atom. The Bertz CT molecular complexity index is 1470. The summed E-state index contributed by atoms with van der Waals surface area (Å²) in [5, 5.41) is 9.39. The highest BCUT2D eigenvalue weighted by atomic mass is 16.5. The summed E-state index contributed by atoms with van der Waals surface area (Å²) in [4.78, 5) is 44.2. The van der Waals surface area contributed by atoms with Crippen LogP contribution in [-0.4, -0.2) is 49.5 Å². The molecule has 1 atom stereocenters. The molecule has 0 spiro atoms. The van der Waals surface area contributed by atoms with Gasteiger partial charge < -0.3 is 19.2 Å². The molecule has 2 N–H and O–H groups in total. The Morgan fingerprint density at radius 3 is 2.83 bits per heavy atom. The average Bonchev–Trinajstić information content (AvgIpc) is 3.50. The van der Waals surface area contributed by atoms with Crippen LogP contribution in [0.15, 0.2) is 53.6 Å². The molecule has 4 heterocycles. The number of nitrogens with zero attached hydrogens (tertiary/aromatic N) is 5. The van der Waals surface area contributed by atoms with Gasteiger partial charge in [-0.2, -0.15) is 5.10 Å². The predicted molar refractivity (Wildman–Crippen MR) is 134 cm³/mol. The van der Waals surface area contributed by atoms with E-state index < -0.39 is 6.09 Å². The van der Waals surface area contributed by atoms with Crippen LogP contribution in [-0.2, 0) is 35.5 Å². The molecule has 0 saturated heterocycles. The third kappa shape index (κ3) is 4.35. The number of anilines is 2. The summed E-state index contributed by atoms with van der Waals surface area (Å²) in [6, 6.07) is 10.5. The van der Waals surface area contributed by atoms with Crippen molar-refractivity contribution in [2.75, 3.05) is 17.3 Å². The molecule has 0 fully saturated rings. The predicted octanol–water partition coefficient (Wildman–Crippen LogP) is 2.71. The first-order valence-corrected chi connectivity index (χ1v) is 11.8. The number of imidazole rings is 1. The average molecular weight is 490 g/mol. The highest BCUT2D eigenvalue weighted by Crippen LogP contribution is 2.36. The van der Waals surface area contributed by atoms with Gasteiger partial charge in [-0.1, -0.05) is 6.07 Å². The van der Waals surface area contributed by atoms with E-state index >= 15 is 0 Å². The van der Waals surface area contributed by atoms with Crippen LogP contribution in [0.3, 0.4) is 0 Å². The van der Waals surface area contributed by atoms with Gasteiger partial charge in [0.25, 0.3) is 5.56 Å². The quantitative estimate of drug-likeness (QED) is 0.429. The van der Waals surface area contributed by atoms with Crippen molar-refractivity contribution >= 4 is 34.5 Å². The molecule has 0 radical (unpaired) electrons. The SMILES string of the molecule is COC(=O)N1c2ccc3c(nc(CCn4ccccc4=O)n3CC(=O)Nc3ccn[nH]3)c2CC[C@@H]1C. The molecule has 11 nitrogen and oxygen atoms in total. The lowest BCUT2D eigenvalue weighted by atomic mass is 9.96. The summed E-state index contributed by atoms with van der Waals surface area (Å²) in [6.07, 6.45) is 4.84. The molecular formula is C25H27N7O4. The van der Waals surface area contributed by atoms with Crippen molar-refractivity contribution < 1.29 is 14.3 Å². The largest absolute Gasteiger partial charge is 0.452 e. The summed E-state index contributed by atoms with van der Waals surface area (Å²) < 4.78 is 8.51. The molecule has 0 aliphatic carbocycles. The lowest BCUT2D eigenvalue weighted by molar-refractivity contribution is -0.116. The van der Waals surface area contributed by atoms with Crippen molar-refractivity contribution in [2.45, 2.75) is 45.3 Å². The van der Waals surface area contributed by atoms with Crippen LogP contribution in [0.5, 0.6) is 0 Å². The minimum atomic E-state index is -0.412. The number of hydrogen-bond acceptors (Lipinski definition) is 6. The lowest BCUT2D eigenvalue weighted by Gasteiger charge is -2.34. The number of hydrogen-bond donors (Lipinski definition) is 2. The molecule has 36 heavy (non-hydrogen) atoms. The number of ether oxygens (including phenoxy) is 1. The smallest absolute Gasteiger partial charge is 0.414 e. The number of fused-ring (bicyclic) bond motifs is 3. The van der Waals surface area contributed by atoms with Gasteiger partial charge in [-0.25, -0.2) is 9.78 Å². The van der Waals surface area contributed by atoms with Gasteiger partial charge in [-0.05, 0) is 38.0 Å². The Kier molecular flexibility index (Phi) is 6.28. The van der Waals surface area contributed by atoms with Gasteiger partial charge in [0.05, 0.1) is 30.0 Å². The third-order valence-electron chi connectivity index (χ3n) is 6.52. The minimum Gasteiger partial charge on any atom is -0.452 e. The highest BCUT2D eigenvalue weighted by Gasteiger charge is 2.31. The molecule has 4 aromatic rings. The van der Waals surface area contributed by atoms with E-state index in [1.807, 2.05) is 23.6 Å². The number of aromatic nitrogens is 5. The van der Waals surface area contributed by atoms with Crippen molar-refractivity contribution in [3.05, 3.63) is 70.5 Å². The van der Waals surface area contributed by atoms with Crippen LogP contribution in [0.4, 0.5) is 16.3 Å². The molecule has 5 rings (SSSR count). The molecule has 2 amide bonds. The maximum Gasteiger partial charge on any atom is 0.414 e. The summed E-state index contributed by atoms with van der Waals surface area (Å²) in [6.45, 7) is 2.44. The number of rotatable bonds is 6. The first-order chi connectivity index (χ1) is 17.5. The van der Waals surface area contributed by atoms with E-state index in [1.165, 1.54) is 13.2 Å². The lowest BCUT2D eigenvalue weighted by Crippen LogP contribution is -2.42. The summed E-state index contributed by atoms with van der Waals surface area (Å²) in [5.74, 6) is 0.943. The number of carbonyl (C=O) groups excluding carboxylic acids is 2. The van der Waals surface area contributed by atoms with Crippen molar-refractivity contribution in [1.82, 2.24) is 24.3 Å². The number of H-pyrrole nitrogens is 1. The molecule has 1 aliphatic rings. The monoisotopic (exact) mass is 489 g/mol. The van der Waals surface area contributed by atoms with Crippen LogP contribution >= 0.6 is 0 Å². The van der Waals surface area contributed by atoms with Crippen LogP contribution in [0.2, 0.25) is 0 Å². The van der Waals surface area contributed by atoms with Crippen molar-refractivity contribution in [1.29, 1.82) is 0 Å². The number of benzene rings is 1. The summed E-state index contributed by atoms with van der Waals surface area (Å²) >= 11 is 0. The molecule has 0 saturated carbocycles. The number of aromatic amines is 1. The number of methoxy groups -OCH3 is 1. The first kappa shape index (κ1) is 23.3. The van der Waals surface area contributed by atoms with Crippen LogP contribution in [0.1, 0.15) is 24.7 Å². The van der Waals surface area contributed by atoms with E-state index in [-0.39, 0.29) is 24.1 Å². The topological polar surface area (TPSA) is 127 Å². The summed E-state index contributed by atoms with van der Waals surface area (Å²) in [5.41, 5.74) is 3.16. The second-order valence-electron chi connectivity index (χ2n) is 8.77. The molecule has 1 aromatic carbocycles. The number of aryl methyl sites for hydroxylation is 3. The standard InChI is InChI=1S/C25H27N7O4/c1-16-6-7-17-18(32(16)25(35)36-2)8-9-19-24(17)28-21(11-14-30-13-4-3-5-23(30)34)31(19)15-22(33)27-20-10-12-26-29-20/h3-5,8-10,12-13,16H,6-7,11,14-15H2,1-2H3,(H2,26,27,29,33)/t16-/m0/s1. The van der Waals surface area contributed by atoms with E-state index in [0.29, 0.717) is 24.6 Å². The summed E-state index contributed by atoms with van der Waals surface area (Å²) in [7, 11) is 1.37. The van der Waals surface area contributed by atoms with Crippen LogP contribution in [0, 0.1) is 0 Å². The fraction of sp³-hybridized carbons (Fsp3) is 0.320. The fourth-order valence-electron chi connectivity index (χ4n) is 4.74. The Balaban J connectivity index is 1.55. The Hall–Kier alpha value is -4.41. The first-order valence-electron chi connectivity index (χ1n) is 11.8. The van der Waals surface area contributed by atoms with Gasteiger partial charge >= 0.3 is 6.09 Å². The number of amides is 2. The zero-order valence-corrected chi connectivity index (χ0v) is 20.1. The zero-order valence-electron chi connectivity index (χ0n) is 20.1. The highest BCUT2D eigenvalue weighted by molar-refractivity contribution is 5.96. The molecular weight excluding hydrogens is 462 g/mol. The molecule has 3 aromatic heterocycles.